The first kappa shape index (κ1) is 50.5. The number of furan rings is 1. The summed E-state index contributed by atoms with van der Waals surface area (Å²) in [6.45, 7) is 4.83. The Bertz CT molecular complexity index is 5000. The van der Waals surface area contributed by atoms with Crippen LogP contribution in [0.5, 0.6) is 0 Å². The molecule has 0 saturated carbocycles. The van der Waals surface area contributed by atoms with Gasteiger partial charge in [-0.15, -0.1) is 0 Å². The van der Waals surface area contributed by atoms with Crippen LogP contribution in [-0.4, -0.2) is 0 Å². The van der Waals surface area contributed by atoms with Crippen molar-refractivity contribution in [1.29, 1.82) is 0 Å². The largest absolute Gasteiger partial charge is 0.464 e. The van der Waals surface area contributed by atoms with Crippen molar-refractivity contribution in [3.8, 4) is 44.5 Å². The molecule has 0 bridgehead atoms. The molecule has 0 amide bonds. The van der Waals surface area contributed by atoms with E-state index in [2.05, 4.69) is 334 Å². The molecule has 1 spiro atoms. The Hall–Kier alpha value is -10.8. The third kappa shape index (κ3) is 6.72. The molecule has 0 N–H and O–H groups in total. The standard InChI is InChI=1S/C86H59NO/c1-83(2)75-35-19-21-37-77(75)86(78-38-22-20-36-76(78)83)79-52-57(56-40-48-82-58(51-56)49-50-88-82)39-44-68(79)70-46-42-65(55-81(70)86)87(63-43-47-74-71(53-63)67-32-16-18-34-73(67)84(74,59-23-7-3-8-24-59)60-25-9-4-10-26-60)64-41-45-69-66-31-15-17-33-72(66)85(80(69)54-64,61-27-11-5-12-28-61)62-29-13-6-14-30-62/h3-55H,1-2H3. The summed E-state index contributed by atoms with van der Waals surface area (Å²) >= 11 is 0. The Morgan fingerprint density at radius 3 is 1.15 bits per heavy atom. The molecule has 18 rings (SSSR count). The predicted octanol–water partition coefficient (Wildman–Crippen LogP) is 21.3. The highest BCUT2D eigenvalue weighted by Gasteiger charge is 2.54. The highest BCUT2D eigenvalue weighted by atomic mass is 16.3. The fourth-order valence-electron chi connectivity index (χ4n) is 17.0. The summed E-state index contributed by atoms with van der Waals surface area (Å²) in [7, 11) is 0. The maximum absolute atomic E-state index is 5.87. The first-order valence-corrected chi connectivity index (χ1v) is 30.9. The number of hydrogen-bond donors (Lipinski definition) is 0. The van der Waals surface area contributed by atoms with Crippen LogP contribution in [-0.2, 0) is 21.7 Å². The quantitative estimate of drug-likeness (QED) is 0.151. The number of benzene rings is 13. The molecule has 0 aliphatic heterocycles. The molecule has 0 fully saturated rings. The Morgan fingerprint density at radius 1 is 0.250 bits per heavy atom. The van der Waals surface area contributed by atoms with Crippen molar-refractivity contribution in [3.05, 3.63) is 400 Å². The fourth-order valence-corrected chi connectivity index (χ4v) is 17.0. The highest BCUT2D eigenvalue weighted by Crippen LogP contribution is 2.65. The Kier molecular flexibility index (Phi) is 10.8. The van der Waals surface area contributed by atoms with Crippen molar-refractivity contribution >= 4 is 28.0 Å². The number of rotatable bonds is 8. The van der Waals surface area contributed by atoms with Gasteiger partial charge in [0.05, 0.1) is 22.5 Å². The normalized spacial score (nSPS) is 15.1. The van der Waals surface area contributed by atoms with Crippen LogP contribution >= 0.6 is 0 Å². The van der Waals surface area contributed by atoms with E-state index in [1.54, 1.807) is 6.26 Å². The molecule has 1 aromatic heterocycles. The Morgan fingerprint density at radius 2 is 0.614 bits per heavy atom. The van der Waals surface area contributed by atoms with Crippen molar-refractivity contribution in [3.63, 3.8) is 0 Å². The van der Waals surface area contributed by atoms with Gasteiger partial charge in [0.25, 0.3) is 0 Å². The van der Waals surface area contributed by atoms with Gasteiger partial charge in [-0.2, -0.15) is 0 Å². The summed E-state index contributed by atoms with van der Waals surface area (Å²) in [5.74, 6) is 0. The van der Waals surface area contributed by atoms with Crippen LogP contribution < -0.4 is 4.90 Å². The molecule has 1 heterocycles. The third-order valence-electron chi connectivity index (χ3n) is 20.6. The van der Waals surface area contributed by atoms with Crippen molar-refractivity contribution in [2.75, 3.05) is 4.90 Å². The zero-order chi connectivity index (χ0) is 58.3. The van der Waals surface area contributed by atoms with Crippen LogP contribution in [0.2, 0.25) is 0 Å². The van der Waals surface area contributed by atoms with Gasteiger partial charge in [0.15, 0.2) is 0 Å². The van der Waals surface area contributed by atoms with E-state index in [9.17, 15) is 0 Å². The number of nitrogens with zero attached hydrogens (tertiary/aromatic N) is 1. The Labute approximate surface area is 514 Å². The molecule has 0 atom stereocenters. The second-order valence-corrected chi connectivity index (χ2v) is 25.0. The second-order valence-electron chi connectivity index (χ2n) is 25.0. The number of fused-ring (bicyclic) bond motifs is 16. The minimum absolute atomic E-state index is 0.268. The average Bonchev–Trinajstić information content (AvgIpc) is 1.57. The average molecular weight is 1120 g/mol. The first-order valence-electron chi connectivity index (χ1n) is 30.9. The van der Waals surface area contributed by atoms with E-state index < -0.39 is 16.2 Å². The third-order valence-corrected chi connectivity index (χ3v) is 20.6. The monoisotopic (exact) mass is 1120 g/mol. The summed E-state index contributed by atoms with van der Waals surface area (Å²) in [5, 5.41) is 1.09. The highest BCUT2D eigenvalue weighted by molar-refractivity contribution is 5.96. The molecule has 4 aliphatic rings. The molecule has 14 aromatic rings. The first-order chi connectivity index (χ1) is 43.4. The van der Waals surface area contributed by atoms with Gasteiger partial charge in [0, 0.05) is 27.9 Å². The zero-order valence-electron chi connectivity index (χ0n) is 49.0. The van der Waals surface area contributed by atoms with E-state index in [0.29, 0.717) is 0 Å². The predicted molar refractivity (Wildman–Crippen MR) is 360 cm³/mol. The van der Waals surface area contributed by atoms with E-state index in [-0.39, 0.29) is 5.41 Å². The molecule has 0 saturated heterocycles. The molecule has 13 aromatic carbocycles. The molecule has 0 unspecified atom stereocenters. The van der Waals surface area contributed by atoms with E-state index in [4.69, 9.17) is 4.42 Å². The van der Waals surface area contributed by atoms with Crippen LogP contribution in [0.15, 0.2) is 326 Å². The topological polar surface area (TPSA) is 16.4 Å². The number of hydrogen-bond acceptors (Lipinski definition) is 2. The van der Waals surface area contributed by atoms with E-state index in [1.165, 1.54) is 117 Å². The van der Waals surface area contributed by atoms with Crippen molar-refractivity contribution in [1.82, 2.24) is 0 Å². The molecule has 88 heavy (non-hydrogen) atoms. The fraction of sp³-hybridized carbons (Fsp3) is 0.0698. The molecular weight excluding hydrogens is 1060 g/mol. The van der Waals surface area contributed by atoms with Gasteiger partial charge in [-0.1, -0.05) is 269 Å². The molecule has 2 nitrogen and oxygen atoms in total. The van der Waals surface area contributed by atoms with Crippen molar-refractivity contribution < 1.29 is 4.42 Å². The van der Waals surface area contributed by atoms with Gasteiger partial charge in [-0.3, -0.25) is 0 Å². The lowest BCUT2D eigenvalue weighted by Crippen LogP contribution is -2.40. The lowest BCUT2D eigenvalue weighted by Gasteiger charge is -2.46. The lowest BCUT2D eigenvalue weighted by molar-refractivity contribution is 0.563. The number of anilines is 3. The molecule has 2 heteroatoms. The van der Waals surface area contributed by atoms with Crippen LogP contribution in [0.1, 0.15) is 91.7 Å². The van der Waals surface area contributed by atoms with Crippen LogP contribution in [0.25, 0.3) is 55.5 Å². The van der Waals surface area contributed by atoms with Gasteiger partial charge < -0.3 is 9.32 Å². The summed E-state index contributed by atoms with van der Waals surface area (Å²) in [6, 6.07) is 120. The minimum atomic E-state index is -0.679. The molecule has 0 radical (unpaired) electrons. The smallest absolute Gasteiger partial charge is 0.133 e. The van der Waals surface area contributed by atoms with Crippen LogP contribution in [0.4, 0.5) is 17.1 Å². The maximum Gasteiger partial charge on any atom is 0.133 e. The molecular formula is C86H59NO. The molecule has 414 valence electrons. The summed E-state index contributed by atoms with van der Waals surface area (Å²) in [5.41, 5.74) is 29.8. The van der Waals surface area contributed by atoms with Gasteiger partial charge >= 0.3 is 0 Å². The van der Waals surface area contributed by atoms with Gasteiger partial charge in [-0.25, -0.2) is 0 Å². The lowest BCUT2D eigenvalue weighted by atomic mass is 9.55. The minimum Gasteiger partial charge on any atom is -0.464 e. The Balaban J connectivity index is 0.929. The van der Waals surface area contributed by atoms with Crippen LogP contribution in [0.3, 0.4) is 0 Å². The summed E-state index contributed by atoms with van der Waals surface area (Å²) < 4.78 is 5.87. The second kappa shape index (κ2) is 18.8. The SMILES string of the molecule is CC1(C)c2ccccc2C2(c3cc(-c4ccc5occc5c4)ccc3-c3ccc(N(c4ccc5c(c4)-c4ccccc4C5(c4ccccc4)c4ccccc4)c4ccc5c(c4)C(c4ccccc4)(c4ccccc4)c4ccccc4-5)cc32)c2ccccc21. The van der Waals surface area contributed by atoms with Gasteiger partial charge in [0.2, 0.25) is 0 Å². The van der Waals surface area contributed by atoms with Crippen LogP contribution in [0, 0.1) is 0 Å². The van der Waals surface area contributed by atoms with E-state index in [0.717, 1.165) is 33.6 Å². The van der Waals surface area contributed by atoms with E-state index in [1.807, 2.05) is 0 Å². The summed E-state index contributed by atoms with van der Waals surface area (Å²) in [6.07, 6.45) is 1.79. The molecule has 4 aliphatic carbocycles. The van der Waals surface area contributed by atoms with Gasteiger partial charge in [0.1, 0.15) is 5.58 Å². The van der Waals surface area contributed by atoms with Crippen molar-refractivity contribution in [2.45, 2.75) is 35.5 Å². The maximum atomic E-state index is 5.87. The summed E-state index contributed by atoms with van der Waals surface area (Å²) in [4.78, 5) is 2.57. The van der Waals surface area contributed by atoms with E-state index >= 15 is 0 Å². The zero-order valence-corrected chi connectivity index (χ0v) is 49.0. The van der Waals surface area contributed by atoms with Gasteiger partial charge in [-0.05, 0) is 183 Å². The van der Waals surface area contributed by atoms with Crippen molar-refractivity contribution in [2.24, 2.45) is 0 Å².